The molecule has 2 aliphatic rings. The average Bonchev–Trinajstić information content (AvgIpc) is 3.07. The van der Waals surface area contributed by atoms with E-state index in [1.165, 1.54) is 12.8 Å². The summed E-state index contributed by atoms with van der Waals surface area (Å²) in [6.45, 7) is 4.04. The summed E-state index contributed by atoms with van der Waals surface area (Å²) in [5.41, 5.74) is 3.28. The number of hydrogen-bond acceptors (Lipinski definition) is 3. The molecular formula is C23H28N2O2. The second kappa shape index (κ2) is 7.35. The fraction of sp³-hybridized carbons (Fsp3) is 0.435. The Hall–Kier alpha value is -2.33. The molecule has 0 N–H and O–H groups in total. The van der Waals surface area contributed by atoms with E-state index in [0.29, 0.717) is 5.41 Å². The highest BCUT2D eigenvalue weighted by Crippen LogP contribution is 2.38. The molecule has 2 aromatic rings. The SMILES string of the molecule is COc1cccc(-c2ccc(C(=O)N3CCC[C@@]4(CCN(C)C4)C3)cc2)c1. The van der Waals surface area contributed by atoms with Crippen LogP contribution in [0.5, 0.6) is 5.75 Å². The first-order chi connectivity index (χ1) is 13.1. The summed E-state index contributed by atoms with van der Waals surface area (Å²) < 4.78 is 5.31. The van der Waals surface area contributed by atoms with Crippen LogP contribution in [0.1, 0.15) is 29.6 Å². The molecule has 1 spiro atoms. The quantitative estimate of drug-likeness (QED) is 0.828. The molecule has 0 aliphatic carbocycles. The summed E-state index contributed by atoms with van der Waals surface area (Å²) in [6, 6.07) is 16.0. The number of likely N-dealkylation sites (tertiary alicyclic amines) is 2. The smallest absolute Gasteiger partial charge is 0.253 e. The van der Waals surface area contributed by atoms with Crippen molar-refractivity contribution in [1.29, 1.82) is 0 Å². The van der Waals surface area contributed by atoms with Gasteiger partial charge in [-0.05, 0) is 68.2 Å². The molecule has 1 amide bonds. The lowest BCUT2D eigenvalue weighted by Crippen LogP contribution is -2.47. The van der Waals surface area contributed by atoms with Gasteiger partial charge >= 0.3 is 0 Å². The molecule has 4 rings (SSSR count). The van der Waals surface area contributed by atoms with Gasteiger partial charge in [-0.15, -0.1) is 0 Å². The van der Waals surface area contributed by atoms with E-state index < -0.39 is 0 Å². The molecular weight excluding hydrogens is 336 g/mol. The van der Waals surface area contributed by atoms with Gasteiger partial charge in [0, 0.05) is 30.6 Å². The van der Waals surface area contributed by atoms with E-state index in [1.807, 2.05) is 42.5 Å². The molecule has 0 aromatic heterocycles. The van der Waals surface area contributed by atoms with Crippen LogP contribution in [0.2, 0.25) is 0 Å². The largest absolute Gasteiger partial charge is 0.497 e. The van der Waals surface area contributed by atoms with Gasteiger partial charge in [-0.25, -0.2) is 0 Å². The van der Waals surface area contributed by atoms with E-state index in [0.717, 1.165) is 55.0 Å². The van der Waals surface area contributed by atoms with Crippen LogP contribution in [0.4, 0.5) is 0 Å². The van der Waals surface area contributed by atoms with Crippen molar-refractivity contribution in [3.05, 3.63) is 54.1 Å². The molecule has 0 saturated carbocycles. The fourth-order valence-corrected chi connectivity index (χ4v) is 4.66. The predicted octanol–water partition coefficient (Wildman–Crippen LogP) is 3.92. The van der Waals surface area contributed by atoms with E-state index in [4.69, 9.17) is 4.74 Å². The molecule has 2 heterocycles. The van der Waals surface area contributed by atoms with Crippen molar-refractivity contribution < 1.29 is 9.53 Å². The fourth-order valence-electron chi connectivity index (χ4n) is 4.66. The Labute approximate surface area is 161 Å². The minimum atomic E-state index is 0.167. The molecule has 0 radical (unpaired) electrons. The maximum absolute atomic E-state index is 13.1. The van der Waals surface area contributed by atoms with Crippen molar-refractivity contribution in [2.75, 3.05) is 40.3 Å². The third-order valence-corrected chi connectivity index (χ3v) is 6.11. The highest BCUT2D eigenvalue weighted by Gasteiger charge is 2.41. The lowest BCUT2D eigenvalue weighted by Gasteiger charge is -2.40. The monoisotopic (exact) mass is 364 g/mol. The van der Waals surface area contributed by atoms with Crippen molar-refractivity contribution >= 4 is 5.91 Å². The zero-order chi connectivity index (χ0) is 18.9. The van der Waals surface area contributed by atoms with E-state index in [2.05, 4.69) is 22.9 Å². The number of carbonyl (C=O) groups is 1. The number of methoxy groups -OCH3 is 1. The van der Waals surface area contributed by atoms with Gasteiger partial charge in [0.05, 0.1) is 7.11 Å². The predicted molar refractivity (Wildman–Crippen MR) is 108 cm³/mol. The van der Waals surface area contributed by atoms with Gasteiger partial charge in [-0.3, -0.25) is 4.79 Å². The van der Waals surface area contributed by atoms with Crippen LogP contribution < -0.4 is 4.74 Å². The van der Waals surface area contributed by atoms with Crippen LogP contribution in [0, 0.1) is 5.41 Å². The Kier molecular flexibility index (Phi) is 4.92. The molecule has 4 heteroatoms. The first-order valence-electron chi connectivity index (χ1n) is 9.81. The minimum Gasteiger partial charge on any atom is -0.497 e. The van der Waals surface area contributed by atoms with Gasteiger partial charge in [0.1, 0.15) is 5.75 Å². The summed E-state index contributed by atoms with van der Waals surface area (Å²) in [7, 11) is 3.86. The van der Waals surface area contributed by atoms with Crippen LogP contribution in [0.15, 0.2) is 48.5 Å². The Morgan fingerprint density at radius 1 is 1.00 bits per heavy atom. The maximum Gasteiger partial charge on any atom is 0.253 e. The number of hydrogen-bond donors (Lipinski definition) is 0. The van der Waals surface area contributed by atoms with Crippen LogP contribution in [0.25, 0.3) is 11.1 Å². The van der Waals surface area contributed by atoms with Gasteiger partial charge in [-0.2, -0.15) is 0 Å². The number of amides is 1. The standard InChI is InChI=1S/C23H28N2O2/c1-24-14-12-23(16-24)11-4-13-25(17-23)22(26)19-9-7-18(8-10-19)20-5-3-6-21(15-20)27-2/h3,5-10,15H,4,11-14,16-17H2,1-2H3/t23-/m0/s1. The zero-order valence-electron chi connectivity index (χ0n) is 16.3. The number of nitrogens with zero attached hydrogens (tertiary/aromatic N) is 2. The minimum absolute atomic E-state index is 0.167. The normalized spacial score (nSPS) is 23.0. The third kappa shape index (κ3) is 3.72. The van der Waals surface area contributed by atoms with Crippen LogP contribution in [-0.2, 0) is 0 Å². The summed E-state index contributed by atoms with van der Waals surface area (Å²) in [5, 5.41) is 0. The lowest BCUT2D eigenvalue weighted by molar-refractivity contribution is 0.0534. The molecule has 2 aliphatic heterocycles. The molecule has 4 nitrogen and oxygen atoms in total. The van der Waals surface area contributed by atoms with Gasteiger partial charge in [0.25, 0.3) is 5.91 Å². The van der Waals surface area contributed by atoms with Gasteiger partial charge in [-0.1, -0.05) is 24.3 Å². The summed E-state index contributed by atoms with van der Waals surface area (Å²) in [4.78, 5) is 17.5. The highest BCUT2D eigenvalue weighted by atomic mass is 16.5. The topological polar surface area (TPSA) is 32.8 Å². The maximum atomic E-state index is 13.1. The summed E-state index contributed by atoms with van der Waals surface area (Å²) in [6.07, 6.45) is 3.57. The molecule has 2 saturated heterocycles. The summed E-state index contributed by atoms with van der Waals surface area (Å²) in [5.74, 6) is 1.01. The second-order valence-electron chi connectivity index (χ2n) is 8.13. The van der Waals surface area contributed by atoms with Gasteiger partial charge in [0.2, 0.25) is 0 Å². The molecule has 142 valence electrons. The Morgan fingerprint density at radius 2 is 1.81 bits per heavy atom. The molecule has 1 atom stereocenters. The first kappa shape index (κ1) is 18.1. The van der Waals surface area contributed by atoms with Crippen molar-refractivity contribution in [2.24, 2.45) is 5.41 Å². The Morgan fingerprint density at radius 3 is 2.52 bits per heavy atom. The van der Waals surface area contributed by atoms with Crippen LogP contribution >= 0.6 is 0 Å². The average molecular weight is 364 g/mol. The van der Waals surface area contributed by atoms with Crippen LogP contribution in [0.3, 0.4) is 0 Å². The van der Waals surface area contributed by atoms with E-state index in [-0.39, 0.29) is 5.91 Å². The van der Waals surface area contributed by atoms with Crippen molar-refractivity contribution in [1.82, 2.24) is 9.80 Å². The Balaban J connectivity index is 1.49. The molecule has 0 unspecified atom stereocenters. The van der Waals surface area contributed by atoms with Gasteiger partial charge in [0.15, 0.2) is 0 Å². The first-order valence-corrected chi connectivity index (χ1v) is 9.81. The number of rotatable bonds is 3. The zero-order valence-corrected chi connectivity index (χ0v) is 16.3. The number of piperidine rings is 1. The molecule has 2 aromatic carbocycles. The Bertz CT molecular complexity index is 813. The number of carbonyl (C=O) groups excluding carboxylic acids is 1. The molecule has 2 fully saturated rings. The highest BCUT2D eigenvalue weighted by molar-refractivity contribution is 5.94. The van der Waals surface area contributed by atoms with Gasteiger partial charge < -0.3 is 14.5 Å². The molecule has 27 heavy (non-hydrogen) atoms. The van der Waals surface area contributed by atoms with E-state index >= 15 is 0 Å². The van der Waals surface area contributed by atoms with E-state index in [9.17, 15) is 4.79 Å². The lowest BCUT2D eigenvalue weighted by atomic mass is 9.79. The van der Waals surface area contributed by atoms with Crippen LogP contribution in [-0.4, -0.2) is 56.0 Å². The number of ether oxygens (including phenoxy) is 1. The molecule has 0 bridgehead atoms. The summed E-state index contributed by atoms with van der Waals surface area (Å²) >= 11 is 0. The van der Waals surface area contributed by atoms with Crippen molar-refractivity contribution in [3.8, 4) is 16.9 Å². The van der Waals surface area contributed by atoms with Crippen molar-refractivity contribution in [2.45, 2.75) is 19.3 Å². The van der Waals surface area contributed by atoms with Crippen molar-refractivity contribution in [3.63, 3.8) is 0 Å². The van der Waals surface area contributed by atoms with E-state index in [1.54, 1.807) is 7.11 Å². The third-order valence-electron chi connectivity index (χ3n) is 6.11. The number of benzene rings is 2. The second-order valence-corrected chi connectivity index (χ2v) is 8.13.